The molecule has 3 rings (SSSR count). The third-order valence-electron chi connectivity index (χ3n) is 4.79. The summed E-state index contributed by atoms with van der Waals surface area (Å²) in [5.74, 6) is 2.22. The lowest BCUT2D eigenvalue weighted by Gasteiger charge is -2.23. The van der Waals surface area contributed by atoms with Crippen LogP contribution in [-0.4, -0.2) is 46.3 Å². The third kappa shape index (κ3) is 6.89. The minimum Gasteiger partial charge on any atom is -0.494 e. The van der Waals surface area contributed by atoms with Gasteiger partial charge in [0.15, 0.2) is 23.4 Å². The lowest BCUT2D eigenvalue weighted by molar-refractivity contribution is 0.385. The molecule has 0 radical (unpaired) electrons. The molecule has 0 aliphatic rings. The van der Waals surface area contributed by atoms with Crippen LogP contribution in [0.1, 0.15) is 22.1 Å². The van der Waals surface area contributed by atoms with Crippen LogP contribution in [0.5, 0.6) is 5.75 Å². The Morgan fingerprint density at radius 3 is 2.74 bits per heavy atom. The summed E-state index contributed by atoms with van der Waals surface area (Å²) in [5.41, 5.74) is 0.832. The number of rotatable bonds is 8. The van der Waals surface area contributed by atoms with E-state index in [9.17, 15) is 4.39 Å². The zero-order valence-electron chi connectivity index (χ0n) is 18.1. The topological polar surface area (TPSA) is 67.6 Å². The molecule has 168 valence electrons. The van der Waals surface area contributed by atoms with Gasteiger partial charge < -0.3 is 19.5 Å². The molecule has 0 aliphatic heterocycles. The summed E-state index contributed by atoms with van der Waals surface area (Å²) >= 11 is 1.74. The number of nitrogens with zero attached hydrogens (tertiary/aromatic N) is 5. The Morgan fingerprint density at radius 1 is 1.32 bits per heavy atom. The molecule has 0 saturated carbocycles. The predicted octanol–water partition coefficient (Wildman–Crippen LogP) is 3.77. The number of aromatic nitrogens is 3. The average Bonchev–Trinajstić information content (AvgIpc) is 3.35. The van der Waals surface area contributed by atoms with Gasteiger partial charge in [0.25, 0.3) is 0 Å². The van der Waals surface area contributed by atoms with E-state index in [-0.39, 0.29) is 35.5 Å². The van der Waals surface area contributed by atoms with E-state index in [1.165, 1.54) is 18.1 Å². The fourth-order valence-electron chi connectivity index (χ4n) is 2.96. The summed E-state index contributed by atoms with van der Waals surface area (Å²) in [7, 11) is 5.32. The first-order chi connectivity index (χ1) is 14.5. The normalized spacial score (nSPS) is 11.2. The van der Waals surface area contributed by atoms with Gasteiger partial charge in [0.2, 0.25) is 0 Å². The van der Waals surface area contributed by atoms with Crippen LogP contribution in [0.3, 0.4) is 0 Å². The molecule has 1 N–H and O–H groups in total. The maximum atomic E-state index is 14.1. The second-order valence-corrected chi connectivity index (χ2v) is 7.98. The van der Waals surface area contributed by atoms with Crippen molar-refractivity contribution < 1.29 is 9.13 Å². The molecule has 0 fully saturated rings. The van der Waals surface area contributed by atoms with E-state index in [4.69, 9.17) is 9.73 Å². The highest BCUT2D eigenvalue weighted by molar-refractivity contribution is 14.0. The maximum Gasteiger partial charge on any atom is 0.194 e. The van der Waals surface area contributed by atoms with Crippen LogP contribution in [0.2, 0.25) is 0 Å². The van der Waals surface area contributed by atoms with Gasteiger partial charge in [-0.1, -0.05) is 12.1 Å². The van der Waals surface area contributed by atoms with Gasteiger partial charge in [-0.2, -0.15) is 0 Å². The Labute approximate surface area is 203 Å². The van der Waals surface area contributed by atoms with Crippen LogP contribution in [0.4, 0.5) is 4.39 Å². The first kappa shape index (κ1) is 25.1. The van der Waals surface area contributed by atoms with E-state index in [1.54, 1.807) is 17.4 Å². The molecular formula is C21H28FIN6OS. The SMILES string of the molecule is COc1ccc(CN(C)C(=NCc2nnc(C)n2C)NCCc2cccs2)cc1F.I. The zero-order valence-corrected chi connectivity index (χ0v) is 21.3. The lowest BCUT2D eigenvalue weighted by atomic mass is 10.2. The van der Waals surface area contributed by atoms with Gasteiger partial charge >= 0.3 is 0 Å². The van der Waals surface area contributed by atoms with Crippen molar-refractivity contribution >= 4 is 41.3 Å². The number of ether oxygens (including phenoxy) is 1. The number of guanidine groups is 1. The van der Waals surface area contributed by atoms with Crippen LogP contribution in [0, 0.1) is 12.7 Å². The second kappa shape index (κ2) is 12.0. The minimum absolute atomic E-state index is 0. The summed E-state index contributed by atoms with van der Waals surface area (Å²) in [6, 6.07) is 9.16. The van der Waals surface area contributed by atoms with Gasteiger partial charge in [-0.05, 0) is 42.5 Å². The van der Waals surface area contributed by atoms with Crippen molar-refractivity contribution in [2.45, 2.75) is 26.4 Å². The van der Waals surface area contributed by atoms with Gasteiger partial charge in [0.05, 0.1) is 7.11 Å². The molecular weight excluding hydrogens is 530 g/mol. The molecule has 2 heterocycles. The Hall–Kier alpha value is -2.21. The van der Waals surface area contributed by atoms with E-state index in [0.29, 0.717) is 13.1 Å². The molecule has 0 amide bonds. The number of hydrogen-bond acceptors (Lipinski definition) is 5. The van der Waals surface area contributed by atoms with Gasteiger partial charge in [0, 0.05) is 32.1 Å². The predicted molar refractivity (Wildman–Crippen MR) is 133 cm³/mol. The molecule has 10 heteroatoms. The molecule has 2 aromatic heterocycles. The van der Waals surface area contributed by atoms with E-state index in [1.807, 2.05) is 36.6 Å². The maximum absolute atomic E-state index is 14.1. The van der Waals surface area contributed by atoms with Crippen molar-refractivity contribution in [3.8, 4) is 5.75 Å². The van der Waals surface area contributed by atoms with Crippen LogP contribution < -0.4 is 10.1 Å². The summed E-state index contributed by atoms with van der Waals surface area (Å²) in [6.07, 6.45) is 0.907. The Bertz CT molecular complexity index is 992. The van der Waals surface area contributed by atoms with Crippen LogP contribution in [0.25, 0.3) is 0 Å². The first-order valence-electron chi connectivity index (χ1n) is 9.67. The molecule has 3 aromatic rings. The molecule has 7 nitrogen and oxygen atoms in total. The highest BCUT2D eigenvalue weighted by Gasteiger charge is 2.11. The zero-order chi connectivity index (χ0) is 21.5. The second-order valence-electron chi connectivity index (χ2n) is 6.94. The van der Waals surface area contributed by atoms with Crippen molar-refractivity contribution in [2.24, 2.45) is 12.0 Å². The van der Waals surface area contributed by atoms with E-state index in [2.05, 4.69) is 33.0 Å². The quantitative estimate of drug-likeness (QED) is 0.259. The number of methoxy groups -OCH3 is 1. The lowest BCUT2D eigenvalue weighted by Crippen LogP contribution is -2.39. The molecule has 0 unspecified atom stereocenters. The molecule has 0 aliphatic carbocycles. The first-order valence-corrected chi connectivity index (χ1v) is 10.5. The molecule has 31 heavy (non-hydrogen) atoms. The van der Waals surface area contributed by atoms with Crippen molar-refractivity contribution in [1.29, 1.82) is 0 Å². The van der Waals surface area contributed by atoms with Crippen molar-refractivity contribution in [1.82, 2.24) is 25.0 Å². The standard InChI is InChI=1S/C21H27FN6OS.HI/c1-15-25-26-20(28(15)3)13-24-21(23-10-9-17-6-5-11-30-17)27(2)14-16-7-8-19(29-4)18(22)12-16;/h5-8,11-12H,9-10,13-14H2,1-4H3,(H,23,24);1H. The summed E-state index contributed by atoms with van der Waals surface area (Å²) in [6.45, 7) is 3.56. The van der Waals surface area contributed by atoms with Gasteiger partial charge in [-0.15, -0.1) is 45.5 Å². The number of halogens is 2. The monoisotopic (exact) mass is 558 g/mol. The number of benzene rings is 1. The van der Waals surface area contributed by atoms with E-state index < -0.39 is 0 Å². The minimum atomic E-state index is -0.373. The Kier molecular flexibility index (Phi) is 9.69. The van der Waals surface area contributed by atoms with Gasteiger partial charge in [-0.25, -0.2) is 9.38 Å². The van der Waals surface area contributed by atoms with Crippen LogP contribution in [-0.2, 0) is 26.6 Å². The van der Waals surface area contributed by atoms with Crippen LogP contribution >= 0.6 is 35.3 Å². The molecule has 0 bridgehead atoms. The van der Waals surface area contributed by atoms with Crippen molar-refractivity contribution in [3.05, 3.63) is 63.6 Å². The highest BCUT2D eigenvalue weighted by Crippen LogP contribution is 2.18. The fraction of sp³-hybridized carbons (Fsp3) is 0.381. The number of aliphatic imine (C=N–C) groups is 1. The fourth-order valence-corrected chi connectivity index (χ4v) is 3.66. The summed E-state index contributed by atoms with van der Waals surface area (Å²) < 4.78 is 21.0. The molecule has 0 atom stereocenters. The molecule has 1 aromatic carbocycles. The molecule has 0 spiro atoms. The van der Waals surface area contributed by atoms with E-state index >= 15 is 0 Å². The van der Waals surface area contributed by atoms with Gasteiger partial charge in [0.1, 0.15) is 12.4 Å². The number of nitrogens with one attached hydrogen (secondary N) is 1. The van der Waals surface area contributed by atoms with Crippen molar-refractivity contribution in [3.63, 3.8) is 0 Å². The summed E-state index contributed by atoms with van der Waals surface area (Å²) in [5, 5.41) is 13.8. The Morgan fingerprint density at radius 2 is 2.13 bits per heavy atom. The smallest absolute Gasteiger partial charge is 0.194 e. The van der Waals surface area contributed by atoms with E-state index in [0.717, 1.165) is 36.1 Å². The third-order valence-corrected chi connectivity index (χ3v) is 5.72. The molecule has 0 saturated heterocycles. The number of thiophene rings is 1. The van der Waals surface area contributed by atoms with Gasteiger partial charge in [-0.3, -0.25) is 0 Å². The number of aryl methyl sites for hydroxylation is 1. The average molecular weight is 558 g/mol. The highest BCUT2D eigenvalue weighted by atomic mass is 127. The summed E-state index contributed by atoms with van der Waals surface area (Å²) in [4.78, 5) is 8.01. The largest absolute Gasteiger partial charge is 0.494 e. The van der Waals surface area contributed by atoms with Crippen LogP contribution in [0.15, 0.2) is 40.7 Å². The Balaban J connectivity index is 0.00000341. The van der Waals surface area contributed by atoms with Crippen molar-refractivity contribution in [2.75, 3.05) is 20.7 Å². The number of hydrogen-bond donors (Lipinski definition) is 1.